The highest BCUT2D eigenvalue weighted by Gasteiger charge is 2.37. The molecule has 0 bridgehead atoms. The van der Waals surface area contributed by atoms with Gasteiger partial charge in [0.2, 0.25) is 11.8 Å². The van der Waals surface area contributed by atoms with Gasteiger partial charge >= 0.3 is 6.18 Å². The SMILES string of the molecule is O=C(Nc1ccc(Br)cc1C(F)(F)F)[C@@H]1CC(=O)N(c2ccc(Cl)cc2)C1. The smallest absolute Gasteiger partial charge is 0.325 e. The molecule has 3 rings (SSSR count). The van der Waals surface area contributed by atoms with Crippen LogP contribution in [0.1, 0.15) is 12.0 Å². The molecule has 1 aliphatic rings. The Morgan fingerprint density at radius 3 is 2.48 bits per heavy atom. The molecule has 0 aromatic heterocycles. The van der Waals surface area contributed by atoms with E-state index in [0.29, 0.717) is 10.7 Å². The lowest BCUT2D eigenvalue weighted by Crippen LogP contribution is -2.28. The number of nitrogens with one attached hydrogen (secondary N) is 1. The Bertz CT molecular complexity index is 887. The topological polar surface area (TPSA) is 49.4 Å². The normalized spacial score (nSPS) is 17.3. The van der Waals surface area contributed by atoms with Crippen molar-refractivity contribution in [3.8, 4) is 0 Å². The van der Waals surface area contributed by atoms with E-state index in [2.05, 4.69) is 21.2 Å². The summed E-state index contributed by atoms with van der Waals surface area (Å²) in [4.78, 5) is 26.1. The van der Waals surface area contributed by atoms with Gasteiger partial charge in [0.1, 0.15) is 0 Å². The molecule has 2 aromatic rings. The second-order valence-electron chi connectivity index (χ2n) is 6.06. The molecule has 0 radical (unpaired) electrons. The summed E-state index contributed by atoms with van der Waals surface area (Å²) in [6, 6.07) is 10.0. The van der Waals surface area contributed by atoms with Crippen LogP contribution in [0.5, 0.6) is 0 Å². The van der Waals surface area contributed by atoms with Crippen LogP contribution < -0.4 is 10.2 Å². The third-order valence-electron chi connectivity index (χ3n) is 4.18. The number of carbonyl (C=O) groups is 2. The highest BCUT2D eigenvalue weighted by molar-refractivity contribution is 9.10. The van der Waals surface area contributed by atoms with Gasteiger partial charge in [0, 0.05) is 28.1 Å². The summed E-state index contributed by atoms with van der Waals surface area (Å²) in [5, 5.41) is 2.82. The molecule has 27 heavy (non-hydrogen) atoms. The van der Waals surface area contributed by atoms with E-state index >= 15 is 0 Å². The summed E-state index contributed by atoms with van der Waals surface area (Å²) in [6.45, 7) is 0.0875. The molecule has 1 fully saturated rings. The molecule has 1 saturated heterocycles. The molecule has 142 valence electrons. The predicted octanol–water partition coefficient (Wildman–Crippen LogP) is 5.11. The number of nitrogens with zero attached hydrogens (tertiary/aromatic N) is 1. The third-order valence-corrected chi connectivity index (χ3v) is 4.92. The minimum Gasteiger partial charge on any atom is -0.325 e. The van der Waals surface area contributed by atoms with Crippen LogP contribution in [0, 0.1) is 5.92 Å². The maximum Gasteiger partial charge on any atom is 0.418 e. The molecule has 1 aliphatic heterocycles. The van der Waals surface area contributed by atoms with Crippen LogP contribution in [-0.2, 0) is 15.8 Å². The zero-order valence-electron chi connectivity index (χ0n) is 13.7. The molecule has 1 atom stereocenters. The van der Waals surface area contributed by atoms with Gasteiger partial charge in [-0.15, -0.1) is 0 Å². The van der Waals surface area contributed by atoms with Gasteiger partial charge in [-0.2, -0.15) is 13.2 Å². The van der Waals surface area contributed by atoms with Crippen molar-refractivity contribution in [3.05, 3.63) is 57.5 Å². The van der Waals surface area contributed by atoms with Gasteiger partial charge in [0.15, 0.2) is 0 Å². The fraction of sp³-hybridized carbons (Fsp3) is 0.222. The first-order valence-electron chi connectivity index (χ1n) is 7.88. The van der Waals surface area contributed by atoms with Crippen molar-refractivity contribution < 1.29 is 22.8 Å². The van der Waals surface area contributed by atoms with E-state index in [4.69, 9.17) is 11.6 Å². The Hall–Kier alpha value is -2.06. The number of amides is 2. The molecule has 1 heterocycles. The van der Waals surface area contributed by atoms with Crippen molar-refractivity contribution in [2.24, 2.45) is 5.92 Å². The maximum absolute atomic E-state index is 13.2. The summed E-state index contributed by atoms with van der Waals surface area (Å²) in [6.07, 6.45) is -4.69. The number of benzene rings is 2. The van der Waals surface area contributed by atoms with Gasteiger partial charge in [0.25, 0.3) is 0 Å². The van der Waals surface area contributed by atoms with Gasteiger partial charge < -0.3 is 10.2 Å². The quantitative estimate of drug-likeness (QED) is 0.690. The summed E-state index contributed by atoms with van der Waals surface area (Å²) in [5.41, 5.74) is -0.712. The van der Waals surface area contributed by atoms with Crippen LogP contribution in [0.3, 0.4) is 0 Å². The number of carbonyl (C=O) groups excluding carboxylic acids is 2. The van der Waals surface area contributed by atoms with Crippen molar-refractivity contribution in [1.82, 2.24) is 0 Å². The largest absolute Gasteiger partial charge is 0.418 e. The number of hydrogen-bond acceptors (Lipinski definition) is 2. The summed E-state index contributed by atoms with van der Waals surface area (Å²) >= 11 is 8.82. The Balaban J connectivity index is 1.76. The second-order valence-corrected chi connectivity index (χ2v) is 7.41. The van der Waals surface area contributed by atoms with Gasteiger partial charge in [0.05, 0.1) is 17.2 Å². The molecule has 1 N–H and O–H groups in total. The molecule has 2 aromatic carbocycles. The van der Waals surface area contributed by atoms with E-state index in [1.54, 1.807) is 24.3 Å². The van der Waals surface area contributed by atoms with Crippen LogP contribution in [0.25, 0.3) is 0 Å². The lowest BCUT2D eigenvalue weighted by atomic mass is 10.1. The van der Waals surface area contributed by atoms with Crippen molar-refractivity contribution in [2.45, 2.75) is 12.6 Å². The second kappa shape index (κ2) is 7.52. The number of hydrogen-bond donors (Lipinski definition) is 1. The monoisotopic (exact) mass is 460 g/mol. The predicted molar refractivity (Wildman–Crippen MR) is 99.7 cm³/mol. The van der Waals surface area contributed by atoms with Crippen LogP contribution in [0.2, 0.25) is 5.02 Å². The fourth-order valence-electron chi connectivity index (χ4n) is 2.85. The van der Waals surface area contributed by atoms with Gasteiger partial charge in [-0.25, -0.2) is 0 Å². The summed E-state index contributed by atoms with van der Waals surface area (Å²) in [7, 11) is 0. The molecule has 0 aliphatic carbocycles. The third kappa shape index (κ3) is 4.44. The van der Waals surface area contributed by atoms with E-state index in [9.17, 15) is 22.8 Å². The van der Waals surface area contributed by atoms with Crippen molar-refractivity contribution in [3.63, 3.8) is 0 Å². The van der Waals surface area contributed by atoms with E-state index in [-0.39, 0.29) is 29.0 Å². The van der Waals surface area contributed by atoms with E-state index < -0.39 is 23.6 Å². The molecule has 9 heteroatoms. The average molecular weight is 462 g/mol. The first-order valence-corrected chi connectivity index (χ1v) is 9.06. The maximum atomic E-state index is 13.2. The van der Waals surface area contributed by atoms with Gasteiger partial charge in [-0.3, -0.25) is 9.59 Å². The van der Waals surface area contributed by atoms with Gasteiger partial charge in [-0.1, -0.05) is 27.5 Å². The molecule has 0 spiro atoms. The van der Waals surface area contributed by atoms with Crippen LogP contribution in [0.4, 0.5) is 24.5 Å². The molecule has 0 saturated carbocycles. The molecule has 2 amide bonds. The standard InChI is InChI=1S/C18H13BrClF3N2O2/c19-11-1-6-15(14(8-11)18(21,22)23)24-17(27)10-7-16(26)25(9-10)13-4-2-12(20)3-5-13/h1-6,8,10H,7,9H2,(H,24,27)/t10-/m1/s1. The van der Waals surface area contributed by atoms with Crippen LogP contribution in [-0.4, -0.2) is 18.4 Å². The minimum atomic E-state index is -4.62. The zero-order chi connectivity index (χ0) is 19.8. The first kappa shape index (κ1) is 19.7. The molecular formula is C18H13BrClF3N2O2. The lowest BCUT2D eigenvalue weighted by molar-refractivity contribution is -0.137. The Morgan fingerprint density at radius 1 is 1.19 bits per heavy atom. The van der Waals surface area contributed by atoms with Crippen molar-refractivity contribution in [1.29, 1.82) is 0 Å². The van der Waals surface area contributed by atoms with Crippen molar-refractivity contribution >= 4 is 50.7 Å². The zero-order valence-corrected chi connectivity index (χ0v) is 16.0. The Labute approximate surface area is 166 Å². The highest BCUT2D eigenvalue weighted by atomic mass is 79.9. The fourth-order valence-corrected chi connectivity index (χ4v) is 3.34. The van der Waals surface area contributed by atoms with Crippen molar-refractivity contribution in [2.75, 3.05) is 16.8 Å². The summed E-state index contributed by atoms with van der Waals surface area (Å²) < 4.78 is 39.8. The first-order chi connectivity index (χ1) is 12.6. The van der Waals surface area contributed by atoms with E-state index in [1.165, 1.54) is 17.0 Å². The lowest BCUT2D eigenvalue weighted by Gasteiger charge is -2.18. The molecule has 4 nitrogen and oxygen atoms in total. The van der Waals surface area contributed by atoms with Crippen LogP contribution in [0.15, 0.2) is 46.9 Å². The van der Waals surface area contributed by atoms with Crippen LogP contribution >= 0.6 is 27.5 Å². The van der Waals surface area contributed by atoms with E-state index in [0.717, 1.165) is 6.07 Å². The Morgan fingerprint density at radius 2 is 1.85 bits per heavy atom. The number of anilines is 2. The Kier molecular flexibility index (Phi) is 5.48. The number of alkyl halides is 3. The highest BCUT2D eigenvalue weighted by Crippen LogP contribution is 2.37. The number of rotatable bonds is 3. The average Bonchev–Trinajstić information content (AvgIpc) is 2.98. The van der Waals surface area contributed by atoms with Gasteiger partial charge in [-0.05, 0) is 42.5 Å². The summed E-state index contributed by atoms with van der Waals surface area (Å²) in [5.74, 6) is -1.66. The number of halogens is 5. The molecular weight excluding hydrogens is 449 g/mol. The van der Waals surface area contributed by atoms with E-state index in [1.807, 2.05) is 0 Å². The minimum absolute atomic E-state index is 0.0770. The molecule has 0 unspecified atom stereocenters.